The average molecular weight is 211 g/mol. The number of hydrogen-bond acceptors (Lipinski definition) is 1. The molecule has 1 fully saturated rings. The Morgan fingerprint density at radius 1 is 1.07 bits per heavy atom. The minimum atomic E-state index is 0.832. The predicted octanol–water partition coefficient (Wildman–Crippen LogP) is 4.13. The highest BCUT2D eigenvalue weighted by atomic mass is 14.9. The fourth-order valence-electron chi connectivity index (χ4n) is 2.81. The minimum absolute atomic E-state index is 0.832. The van der Waals surface area contributed by atoms with Gasteiger partial charge in [0.05, 0.1) is 0 Å². The first-order valence-electron chi connectivity index (χ1n) is 7.11. The highest BCUT2D eigenvalue weighted by Crippen LogP contribution is 2.29. The number of rotatable bonds is 8. The molecule has 1 atom stereocenters. The van der Waals surface area contributed by atoms with Crippen molar-refractivity contribution in [2.24, 2.45) is 5.92 Å². The molecule has 0 saturated heterocycles. The van der Waals surface area contributed by atoms with E-state index >= 15 is 0 Å². The summed E-state index contributed by atoms with van der Waals surface area (Å²) in [4.78, 5) is 0. The lowest BCUT2D eigenvalue weighted by Gasteiger charge is -2.24. The van der Waals surface area contributed by atoms with Gasteiger partial charge in [-0.2, -0.15) is 0 Å². The second-order valence-electron chi connectivity index (χ2n) is 5.10. The molecule has 0 amide bonds. The highest BCUT2D eigenvalue weighted by molar-refractivity contribution is 4.80. The molecule has 0 bridgehead atoms. The number of nitrogens with one attached hydrogen (secondary N) is 1. The average Bonchev–Trinajstić information content (AvgIpc) is 2.76. The van der Waals surface area contributed by atoms with Crippen LogP contribution in [0.25, 0.3) is 0 Å². The van der Waals surface area contributed by atoms with Crippen molar-refractivity contribution in [2.75, 3.05) is 6.54 Å². The third kappa shape index (κ3) is 5.01. The minimum Gasteiger partial charge on any atom is -0.314 e. The SMILES string of the molecule is CCCCCC(NCCC)C1CCCC1. The van der Waals surface area contributed by atoms with Gasteiger partial charge < -0.3 is 5.32 Å². The van der Waals surface area contributed by atoms with E-state index in [-0.39, 0.29) is 0 Å². The maximum Gasteiger partial charge on any atom is 0.00953 e. The second kappa shape index (κ2) is 8.15. The molecule has 0 aromatic carbocycles. The lowest BCUT2D eigenvalue weighted by Crippen LogP contribution is -2.35. The van der Waals surface area contributed by atoms with E-state index in [0.717, 1.165) is 12.0 Å². The van der Waals surface area contributed by atoms with E-state index in [4.69, 9.17) is 0 Å². The van der Waals surface area contributed by atoms with Crippen LogP contribution in [0.3, 0.4) is 0 Å². The van der Waals surface area contributed by atoms with E-state index in [1.807, 2.05) is 0 Å². The molecule has 0 spiro atoms. The molecular weight excluding hydrogens is 182 g/mol. The van der Waals surface area contributed by atoms with Crippen molar-refractivity contribution in [1.82, 2.24) is 5.32 Å². The zero-order chi connectivity index (χ0) is 10.9. The maximum absolute atomic E-state index is 3.77. The molecule has 1 aliphatic rings. The van der Waals surface area contributed by atoms with Gasteiger partial charge in [0, 0.05) is 6.04 Å². The first-order valence-corrected chi connectivity index (χ1v) is 7.11. The van der Waals surface area contributed by atoms with Crippen LogP contribution in [0.4, 0.5) is 0 Å². The standard InChI is InChI=1S/C14H29N/c1-3-5-6-11-14(15-12-4-2)13-9-7-8-10-13/h13-15H,3-12H2,1-2H3. The molecule has 1 unspecified atom stereocenters. The Balaban J connectivity index is 2.23. The summed E-state index contributed by atoms with van der Waals surface area (Å²) in [5, 5.41) is 3.77. The predicted molar refractivity (Wildman–Crippen MR) is 68.2 cm³/mol. The fraction of sp³-hybridized carbons (Fsp3) is 1.00. The first-order chi connectivity index (χ1) is 7.38. The summed E-state index contributed by atoms with van der Waals surface area (Å²) < 4.78 is 0. The van der Waals surface area contributed by atoms with Gasteiger partial charge in [-0.1, -0.05) is 46.0 Å². The van der Waals surface area contributed by atoms with Gasteiger partial charge in [0.2, 0.25) is 0 Å². The topological polar surface area (TPSA) is 12.0 Å². The number of hydrogen-bond donors (Lipinski definition) is 1. The van der Waals surface area contributed by atoms with Crippen LogP contribution in [0.5, 0.6) is 0 Å². The van der Waals surface area contributed by atoms with Crippen molar-refractivity contribution in [1.29, 1.82) is 0 Å². The van der Waals surface area contributed by atoms with Gasteiger partial charge >= 0.3 is 0 Å². The van der Waals surface area contributed by atoms with Crippen LogP contribution in [-0.4, -0.2) is 12.6 Å². The van der Waals surface area contributed by atoms with Crippen LogP contribution in [0.1, 0.15) is 71.6 Å². The van der Waals surface area contributed by atoms with Crippen LogP contribution in [0.2, 0.25) is 0 Å². The van der Waals surface area contributed by atoms with Gasteiger partial charge in [-0.3, -0.25) is 0 Å². The Morgan fingerprint density at radius 3 is 2.40 bits per heavy atom. The van der Waals surface area contributed by atoms with Gasteiger partial charge in [-0.15, -0.1) is 0 Å². The van der Waals surface area contributed by atoms with E-state index < -0.39 is 0 Å². The van der Waals surface area contributed by atoms with E-state index in [0.29, 0.717) is 0 Å². The Hall–Kier alpha value is -0.0400. The van der Waals surface area contributed by atoms with Crippen molar-refractivity contribution < 1.29 is 0 Å². The summed E-state index contributed by atoms with van der Waals surface area (Å²) in [6.07, 6.45) is 12.8. The van der Waals surface area contributed by atoms with Crippen molar-refractivity contribution >= 4 is 0 Å². The lowest BCUT2D eigenvalue weighted by molar-refractivity contribution is 0.332. The van der Waals surface area contributed by atoms with Crippen LogP contribution >= 0.6 is 0 Å². The lowest BCUT2D eigenvalue weighted by atomic mass is 9.93. The molecular formula is C14H29N. The van der Waals surface area contributed by atoms with Crippen LogP contribution in [-0.2, 0) is 0 Å². The normalized spacial score (nSPS) is 19.6. The van der Waals surface area contributed by atoms with E-state index in [9.17, 15) is 0 Å². The van der Waals surface area contributed by atoms with Gasteiger partial charge in [-0.25, -0.2) is 0 Å². The van der Waals surface area contributed by atoms with Gasteiger partial charge in [0.15, 0.2) is 0 Å². The van der Waals surface area contributed by atoms with Crippen LogP contribution in [0, 0.1) is 5.92 Å². The Labute approximate surface area is 96.0 Å². The molecule has 1 nitrogen and oxygen atoms in total. The molecule has 0 heterocycles. The Bertz CT molecular complexity index is 138. The fourth-order valence-corrected chi connectivity index (χ4v) is 2.81. The van der Waals surface area contributed by atoms with Crippen LogP contribution < -0.4 is 5.32 Å². The molecule has 0 aromatic rings. The smallest absolute Gasteiger partial charge is 0.00953 e. The summed E-state index contributed by atoms with van der Waals surface area (Å²) in [5.74, 6) is 0.994. The molecule has 0 aromatic heterocycles. The third-order valence-electron chi connectivity index (χ3n) is 3.74. The molecule has 0 radical (unpaired) electrons. The molecule has 1 saturated carbocycles. The summed E-state index contributed by atoms with van der Waals surface area (Å²) in [7, 11) is 0. The van der Waals surface area contributed by atoms with Gasteiger partial charge in [0.1, 0.15) is 0 Å². The van der Waals surface area contributed by atoms with Crippen LogP contribution in [0.15, 0.2) is 0 Å². The molecule has 15 heavy (non-hydrogen) atoms. The van der Waals surface area contributed by atoms with Crippen molar-refractivity contribution in [3.05, 3.63) is 0 Å². The van der Waals surface area contributed by atoms with Crippen molar-refractivity contribution in [3.63, 3.8) is 0 Å². The molecule has 1 aliphatic carbocycles. The largest absolute Gasteiger partial charge is 0.314 e. The quantitative estimate of drug-likeness (QED) is 0.595. The zero-order valence-corrected chi connectivity index (χ0v) is 10.7. The molecule has 1 rings (SSSR count). The summed E-state index contributed by atoms with van der Waals surface area (Å²) >= 11 is 0. The second-order valence-corrected chi connectivity index (χ2v) is 5.10. The van der Waals surface area contributed by atoms with Gasteiger partial charge in [-0.05, 0) is 38.1 Å². The first kappa shape index (κ1) is 13.0. The summed E-state index contributed by atoms with van der Waals surface area (Å²) in [6.45, 7) is 5.78. The van der Waals surface area contributed by atoms with Crippen molar-refractivity contribution in [3.8, 4) is 0 Å². The van der Waals surface area contributed by atoms with Crippen molar-refractivity contribution in [2.45, 2.75) is 77.7 Å². The molecule has 90 valence electrons. The maximum atomic E-state index is 3.77. The van der Waals surface area contributed by atoms with E-state index in [2.05, 4.69) is 19.2 Å². The third-order valence-corrected chi connectivity index (χ3v) is 3.74. The van der Waals surface area contributed by atoms with Gasteiger partial charge in [0.25, 0.3) is 0 Å². The highest BCUT2D eigenvalue weighted by Gasteiger charge is 2.23. The number of unbranched alkanes of at least 4 members (excludes halogenated alkanes) is 2. The Kier molecular flexibility index (Phi) is 7.08. The van der Waals surface area contributed by atoms with E-state index in [1.54, 1.807) is 0 Å². The molecule has 1 heteroatoms. The summed E-state index contributed by atoms with van der Waals surface area (Å²) in [6, 6.07) is 0.832. The zero-order valence-electron chi connectivity index (χ0n) is 10.7. The molecule has 0 aliphatic heterocycles. The summed E-state index contributed by atoms with van der Waals surface area (Å²) in [5.41, 5.74) is 0. The monoisotopic (exact) mass is 211 g/mol. The molecule has 1 N–H and O–H groups in total. The van der Waals surface area contributed by atoms with E-state index in [1.165, 1.54) is 64.3 Å². The Morgan fingerprint density at radius 2 is 1.80 bits per heavy atom.